The number of halogens is 1. The second-order valence-corrected chi connectivity index (χ2v) is 2.82. The molecular formula is C9H7ClN2. The molecule has 60 valence electrons. The van der Waals surface area contributed by atoms with Crippen LogP contribution >= 0.6 is 11.6 Å². The van der Waals surface area contributed by atoms with Crippen molar-refractivity contribution in [1.82, 2.24) is 9.97 Å². The number of alkyl halides is 1. The van der Waals surface area contributed by atoms with Crippen LogP contribution in [0.15, 0.2) is 30.7 Å². The zero-order chi connectivity index (χ0) is 8.39. The van der Waals surface area contributed by atoms with Crippen molar-refractivity contribution >= 4 is 22.5 Å². The first-order chi connectivity index (χ1) is 5.90. The molecule has 2 nitrogen and oxygen atoms in total. The van der Waals surface area contributed by atoms with Crippen molar-refractivity contribution in [2.75, 3.05) is 0 Å². The van der Waals surface area contributed by atoms with Crippen LogP contribution in [0.5, 0.6) is 0 Å². The largest absolute Gasteiger partial charge is 0.244 e. The number of benzene rings is 1. The Kier molecular flexibility index (Phi) is 1.92. The van der Waals surface area contributed by atoms with E-state index in [0.29, 0.717) is 5.88 Å². The van der Waals surface area contributed by atoms with Crippen LogP contribution in [-0.2, 0) is 5.88 Å². The van der Waals surface area contributed by atoms with E-state index in [0.717, 1.165) is 16.5 Å². The highest BCUT2D eigenvalue weighted by molar-refractivity contribution is 6.17. The van der Waals surface area contributed by atoms with Gasteiger partial charge in [-0.2, -0.15) is 0 Å². The second-order valence-electron chi connectivity index (χ2n) is 2.55. The SMILES string of the molecule is ClCc1ccc2ncncc2c1. The molecule has 0 fully saturated rings. The Morgan fingerprint density at radius 1 is 1.33 bits per heavy atom. The third-order valence-electron chi connectivity index (χ3n) is 1.72. The minimum atomic E-state index is 0.533. The molecule has 0 bridgehead atoms. The summed E-state index contributed by atoms with van der Waals surface area (Å²) in [6, 6.07) is 5.93. The highest BCUT2D eigenvalue weighted by atomic mass is 35.5. The molecule has 2 rings (SSSR count). The Hall–Kier alpha value is -1.15. The van der Waals surface area contributed by atoms with E-state index in [9.17, 15) is 0 Å². The number of nitrogens with zero attached hydrogens (tertiary/aromatic N) is 2. The predicted octanol–water partition coefficient (Wildman–Crippen LogP) is 2.37. The molecule has 0 spiro atoms. The minimum Gasteiger partial charge on any atom is -0.244 e. The van der Waals surface area contributed by atoms with E-state index in [2.05, 4.69) is 9.97 Å². The second kappa shape index (κ2) is 3.07. The molecule has 2 aromatic rings. The highest BCUT2D eigenvalue weighted by Gasteiger charge is 1.94. The fourth-order valence-corrected chi connectivity index (χ4v) is 1.28. The molecule has 1 aromatic heterocycles. The standard InChI is InChI=1S/C9H7ClN2/c10-4-7-1-2-9-8(3-7)5-11-6-12-9/h1-3,5-6H,4H2. The van der Waals surface area contributed by atoms with Crippen molar-refractivity contribution in [3.8, 4) is 0 Å². The average molecular weight is 179 g/mol. The quantitative estimate of drug-likeness (QED) is 0.627. The summed E-state index contributed by atoms with van der Waals surface area (Å²) in [5.41, 5.74) is 2.05. The van der Waals surface area contributed by atoms with Gasteiger partial charge in [0.05, 0.1) is 5.52 Å². The maximum atomic E-state index is 5.69. The van der Waals surface area contributed by atoms with Crippen LogP contribution in [-0.4, -0.2) is 9.97 Å². The number of hydrogen-bond acceptors (Lipinski definition) is 2. The lowest BCUT2D eigenvalue weighted by atomic mass is 10.2. The van der Waals surface area contributed by atoms with Gasteiger partial charge in [0, 0.05) is 17.5 Å². The van der Waals surface area contributed by atoms with E-state index in [4.69, 9.17) is 11.6 Å². The Labute approximate surface area is 75.2 Å². The van der Waals surface area contributed by atoms with Crippen molar-refractivity contribution in [2.45, 2.75) is 5.88 Å². The summed E-state index contributed by atoms with van der Waals surface area (Å²) in [6.45, 7) is 0. The van der Waals surface area contributed by atoms with Crippen molar-refractivity contribution in [3.05, 3.63) is 36.3 Å². The van der Waals surface area contributed by atoms with E-state index in [1.54, 1.807) is 12.5 Å². The molecule has 0 aliphatic rings. The maximum absolute atomic E-state index is 5.69. The highest BCUT2D eigenvalue weighted by Crippen LogP contribution is 2.13. The van der Waals surface area contributed by atoms with Gasteiger partial charge >= 0.3 is 0 Å². The van der Waals surface area contributed by atoms with Gasteiger partial charge in [0.25, 0.3) is 0 Å². The first kappa shape index (κ1) is 7.50. The Morgan fingerprint density at radius 2 is 2.25 bits per heavy atom. The van der Waals surface area contributed by atoms with Gasteiger partial charge in [0.15, 0.2) is 0 Å². The molecule has 0 amide bonds. The van der Waals surface area contributed by atoms with Gasteiger partial charge in [-0.25, -0.2) is 9.97 Å². The molecule has 1 aromatic carbocycles. The number of fused-ring (bicyclic) bond motifs is 1. The van der Waals surface area contributed by atoms with E-state index in [1.165, 1.54) is 0 Å². The van der Waals surface area contributed by atoms with E-state index >= 15 is 0 Å². The minimum absolute atomic E-state index is 0.533. The normalized spacial score (nSPS) is 10.4. The van der Waals surface area contributed by atoms with Crippen molar-refractivity contribution < 1.29 is 0 Å². The molecular weight excluding hydrogens is 172 g/mol. The average Bonchev–Trinajstić information content (AvgIpc) is 2.17. The van der Waals surface area contributed by atoms with Crippen molar-refractivity contribution in [3.63, 3.8) is 0 Å². The molecule has 3 heteroatoms. The fraction of sp³-hybridized carbons (Fsp3) is 0.111. The molecule has 0 N–H and O–H groups in total. The zero-order valence-corrected chi connectivity index (χ0v) is 7.12. The zero-order valence-electron chi connectivity index (χ0n) is 6.37. The Morgan fingerprint density at radius 3 is 3.08 bits per heavy atom. The van der Waals surface area contributed by atoms with Crippen LogP contribution < -0.4 is 0 Å². The molecule has 0 aliphatic carbocycles. The van der Waals surface area contributed by atoms with Crippen LogP contribution in [0, 0.1) is 0 Å². The monoisotopic (exact) mass is 178 g/mol. The summed E-state index contributed by atoms with van der Waals surface area (Å²) in [4.78, 5) is 8.04. The summed E-state index contributed by atoms with van der Waals surface area (Å²) >= 11 is 5.69. The Balaban J connectivity index is 2.67. The summed E-state index contributed by atoms with van der Waals surface area (Å²) in [7, 11) is 0. The van der Waals surface area contributed by atoms with Gasteiger partial charge in [-0.1, -0.05) is 6.07 Å². The van der Waals surface area contributed by atoms with Gasteiger partial charge in [-0.05, 0) is 17.7 Å². The van der Waals surface area contributed by atoms with Gasteiger partial charge < -0.3 is 0 Å². The molecule has 1 heterocycles. The smallest absolute Gasteiger partial charge is 0.116 e. The van der Waals surface area contributed by atoms with Crippen LogP contribution in [0.1, 0.15) is 5.56 Å². The van der Waals surface area contributed by atoms with Crippen molar-refractivity contribution in [2.24, 2.45) is 0 Å². The molecule has 0 unspecified atom stereocenters. The van der Waals surface area contributed by atoms with Gasteiger partial charge in [0.1, 0.15) is 6.33 Å². The summed E-state index contributed by atoms with van der Waals surface area (Å²) in [5, 5.41) is 1.04. The molecule has 12 heavy (non-hydrogen) atoms. The lowest BCUT2D eigenvalue weighted by Crippen LogP contribution is -1.82. The van der Waals surface area contributed by atoms with Crippen LogP contribution in [0.3, 0.4) is 0 Å². The molecule has 0 radical (unpaired) electrons. The van der Waals surface area contributed by atoms with Gasteiger partial charge in [-0.3, -0.25) is 0 Å². The van der Waals surface area contributed by atoms with E-state index < -0.39 is 0 Å². The third-order valence-corrected chi connectivity index (χ3v) is 2.03. The summed E-state index contributed by atoms with van der Waals surface area (Å²) in [6.07, 6.45) is 3.33. The number of hydrogen-bond donors (Lipinski definition) is 0. The first-order valence-corrected chi connectivity index (χ1v) is 4.18. The van der Waals surface area contributed by atoms with Crippen LogP contribution in [0.4, 0.5) is 0 Å². The van der Waals surface area contributed by atoms with E-state index in [-0.39, 0.29) is 0 Å². The summed E-state index contributed by atoms with van der Waals surface area (Å²) < 4.78 is 0. The van der Waals surface area contributed by atoms with Gasteiger partial charge in [0.2, 0.25) is 0 Å². The van der Waals surface area contributed by atoms with Crippen molar-refractivity contribution in [1.29, 1.82) is 0 Å². The third kappa shape index (κ3) is 1.25. The first-order valence-electron chi connectivity index (χ1n) is 3.65. The topological polar surface area (TPSA) is 25.8 Å². The molecule has 0 saturated heterocycles. The maximum Gasteiger partial charge on any atom is 0.116 e. The fourth-order valence-electron chi connectivity index (χ4n) is 1.12. The molecule has 0 saturated carbocycles. The lowest BCUT2D eigenvalue weighted by Gasteiger charge is -1.97. The van der Waals surface area contributed by atoms with Crippen LogP contribution in [0.2, 0.25) is 0 Å². The Bertz CT molecular complexity index is 400. The van der Waals surface area contributed by atoms with Crippen LogP contribution in [0.25, 0.3) is 10.9 Å². The molecule has 0 aliphatic heterocycles. The van der Waals surface area contributed by atoms with E-state index in [1.807, 2.05) is 18.2 Å². The number of rotatable bonds is 1. The predicted molar refractivity (Wildman–Crippen MR) is 49.1 cm³/mol. The van der Waals surface area contributed by atoms with Gasteiger partial charge in [-0.15, -0.1) is 11.6 Å². The summed E-state index contributed by atoms with van der Waals surface area (Å²) in [5.74, 6) is 0.533. The molecule has 0 atom stereocenters. The number of aromatic nitrogens is 2. The lowest BCUT2D eigenvalue weighted by molar-refractivity contribution is 1.22.